The van der Waals surface area contributed by atoms with Crippen molar-refractivity contribution < 1.29 is 27.9 Å². The lowest BCUT2D eigenvalue weighted by Crippen LogP contribution is -2.22. The van der Waals surface area contributed by atoms with E-state index in [4.69, 9.17) is 5.26 Å². The smallest absolute Gasteiger partial charge is 0.416 e. The molecule has 0 unspecified atom stereocenters. The molecule has 1 N–H and O–H groups in total. The molecule has 0 fully saturated rings. The lowest BCUT2D eigenvalue weighted by molar-refractivity contribution is -0.255. The predicted molar refractivity (Wildman–Crippen MR) is 84.4 cm³/mol. The van der Waals surface area contributed by atoms with Crippen molar-refractivity contribution >= 4 is 23.6 Å². The molecular weight excluding hydrogens is 349 g/mol. The highest BCUT2D eigenvalue weighted by Gasteiger charge is 2.30. The molecular formula is C18H10F3N2O3-. The van der Waals surface area contributed by atoms with E-state index in [1.54, 1.807) is 6.07 Å². The van der Waals surface area contributed by atoms with Gasteiger partial charge in [-0.15, -0.1) is 0 Å². The number of amides is 1. The highest BCUT2D eigenvalue weighted by atomic mass is 19.4. The van der Waals surface area contributed by atoms with Crippen LogP contribution in [0, 0.1) is 11.3 Å². The third kappa shape index (κ3) is 4.70. The Morgan fingerprint density at radius 2 is 1.77 bits per heavy atom. The number of carboxylic acids is 1. The Labute approximate surface area is 146 Å². The van der Waals surface area contributed by atoms with Gasteiger partial charge in [0.25, 0.3) is 5.91 Å². The summed E-state index contributed by atoms with van der Waals surface area (Å²) in [4.78, 5) is 22.8. The standard InChI is InChI=1S/C18H11F3N2O3/c19-18(20,21)14-3-1-2-11(9-14)8-13(10-22)16(24)23-15-6-4-12(5-7-15)17(25)26/h1-9H,(H,23,24)(H,25,26)/p-1/b13-8+. The summed E-state index contributed by atoms with van der Waals surface area (Å²) in [5.41, 5.74) is -1.15. The number of nitrogens with one attached hydrogen (secondary N) is 1. The van der Waals surface area contributed by atoms with Gasteiger partial charge in [0.2, 0.25) is 0 Å². The van der Waals surface area contributed by atoms with Crippen LogP contribution in [0.3, 0.4) is 0 Å². The van der Waals surface area contributed by atoms with E-state index in [2.05, 4.69) is 5.32 Å². The van der Waals surface area contributed by atoms with Crippen LogP contribution in [0.15, 0.2) is 54.1 Å². The molecule has 8 heteroatoms. The van der Waals surface area contributed by atoms with Gasteiger partial charge in [-0.05, 0) is 41.5 Å². The third-order valence-electron chi connectivity index (χ3n) is 3.27. The van der Waals surface area contributed by atoms with Gasteiger partial charge >= 0.3 is 6.18 Å². The third-order valence-corrected chi connectivity index (χ3v) is 3.27. The fraction of sp³-hybridized carbons (Fsp3) is 0.0556. The normalized spacial score (nSPS) is 11.5. The number of hydrogen-bond donors (Lipinski definition) is 1. The summed E-state index contributed by atoms with van der Waals surface area (Å²) in [5, 5.41) is 22.1. The zero-order chi connectivity index (χ0) is 19.3. The number of hydrogen-bond acceptors (Lipinski definition) is 4. The number of carboxylic acid groups (broad SMARTS) is 1. The Kier molecular flexibility index (Phi) is 5.42. The van der Waals surface area contributed by atoms with Gasteiger partial charge < -0.3 is 15.2 Å². The monoisotopic (exact) mass is 359 g/mol. The number of rotatable bonds is 4. The molecule has 132 valence electrons. The minimum atomic E-state index is -4.54. The molecule has 5 nitrogen and oxygen atoms in total. The van der Waals surface area contributed by atoms with Crippen molar-refractivity contribution in [1.82, 2.24) is 0 Å². The number of carbonyl (C=O) groups excluding carboxylic acids is 2. The zero-order valence-electron chi connectivity index (χ0n) is 13.0. The number of aromatic carboxylic acids is 1. The molecule has 0 atom stereocenters. The van der Waals surface area contributed by atoms with Crippen LogP contribution in [0.5, 0.6) is 0 Å². The molecule has 2 aromatic rings. The number of alkyl halides is 3. The predicted octanol–water partition coefficient (Wildman–Crippen LogP) is 2.61. The first kappa shape index (κ1) is 18.7. The van der Waals surface area contributed by atoms with E-state index in [-0.39, 0.29) is 16.8 Å². The van der Waals surface area contributed by atoms with E-state index in [0.29, 0.717) is 0 Å². The van der Waals surface area contributed by atoms with Crippen LogP contribution in [0.4, 0.5) is 18.9 Å². The van der Waals surface area contributed by atoms with Crippen molar-refractivity contribution in [3.8, 4) is 6.07 Å². The van der Waals surface area contributed by atoms with Crippen molar-refractivity contribution in [3.63, 3.8) is 0 Å². The molecule has 0 radical (unpaired) electrons. The van der Waals surface area contributed by atoms with Gasteiger partial charge in [-0.1, -0.05) is 24.3 Å². The number of anilines is 1. The van der Waals surface area contributed by atoms with Crippen molar-refractivity contribution in [2.24, 2.45) is 0 Å². The van der Waals surface area contributed by atoms with Gasteiger partial charge in [-0.3, -0.25) is 4.79 Å². The highest BCUT2D eigenvalue weighted by molar-refractivity contribution is 6.09. The number of halogens is 3. The van der Waals surface area contributed by atoms with Crippen LogP contribution in [0.2, 0.25) is 0 Å². The van der Waals surface area contributed by atoms with E-state index in [9.17, 15) is 27.9 Å². The van der Waals surface area contributed by atoms with Crippen LogP contribution < -0.4 is 10.4 Å². The summed E-state index contributed by atoms with van der Waals surface area (Å²) in [6, 6.07) is 10.8. The van der Waals surface area contributed by atoms with Crippen LogP contribution in [-0.2, 0) is 11.0 Å². The van der Waals surface area contributed by atoms with Crippen molar-refractivity contribution in [3.05, 3.63) is 70.8 Å². The first-order chi connectivity index (χ1) is 12.2. The second-order valence-electron chi connectivity index (χ2n) is 5.11. The summed E-state index contributed by atoms with van der Waals surface area (Å²) in [5.74, 6) is -2.23. The first-order valence-electron chi connectivity index (χ1n) is 7.12. The number of carbonyl (C=O) groups is 2. The Morgan fingerprint density at radius 3 is 2.31 bits per heavy atom. The maximum absolute atomic E-state index is 12.7. The van der Waals surface area contributed by atoms with Gasteiger partial charge in [0.1, 0.15) is 11.6 Å². The molecule has 0 saturated heterocycles. The molecule has 2 aromatic carbocycles. The molecule has 2 rings (SSSR count). The van der Waals surface area contributed by atoms with E-state index in [1.165, 1.54) is 36.4 Å². The zero-order valence-corrected chi connectivity index (χ0v) is 13.0. The Bertz CT molecular complexity index is 911. The summed E-state index contributed by atoms with van der Waals surface area (Å²) >= 11 is 0. The quantitative estimate of drug-likeness (QED) is 0.671. The Hall–Kier alpha value is -3.60. The van der Waals surface area contributed by atoms with E-state index in [0.717, 1.165) is 18.2 Å². The lowest BCUT2D eigenvalue weighted by atomic mass is 10.1. The Morgan fingerprint density at radius 1 is 1.12 bits per heavy atom. The highest BCUT2D eigenvalue weighted by Crippen LogP contribution is 2.30. The van der Waals surface area contributed by atoms with E-state index >= 15 is 0 Å². The summed E-state index contributed by atoms with van der Waals surface area (Å²) in [6.07, 6.45) is -3.51. The minimum absolute atomic E-state index is 0.0406. The van der Waals surface area contributed by atoms with Crippen LogP contribution in [0.1, 0.15) is 21.5 Å². The van der Waals surface area contributed by atoms with Crippen LogP contribution in [0.25, 0.3) is 6.08 Å². The van der Waals surface area contributed by atoms with E-state index < -0.39 is 29.2 Å². The first-order valence-corrected chi connectivity index (χ1v) is 7.12. The molecule has 0 aromatic heterocycles. The second kappa shape index (κ2) is 7.53. The van der Waals surface area contributed by atoms with Crippen molar-refractivity contribution in [1.29, 1.82) is 5.26 Å². The average molecular weight is 359 g/mol. The fourth-order valence-corrected chi connectivity index (χ4v) is 2.01. The van der Waals surface area contributed by atoms with E-state index in [1.807, 2.05) is 0 Å². The average Bonchev–Trinajstić information content (AvgIpc) is 2.59. The lowest BCUT2D eigenvalue weighted by Gasteiger charge is -2.08. The maximum atomic E-state index is 12.7. The molecule has 0 aliphatic carbocycles. The minimum Gasteiger partial charge on any atom is -0.545 e. The molecule has 0 aliphatic rings. The van der Waals surface area contributed by atoms with Gasteiger partial charge in [-0.2, -0.15) is 18.4 Å². The number of nitriles is 1. The maximum Gasteiger partial charge on any atom is 0.416 e. The number of benzene rings is 2. The molecule has 1 amide bonds. The largest absolute Gasteiger partial charge is 0.545 e. The molecule has 0 spiro atoms. The molecule has 0 saturated carbocycles. The van der Waals surface area contributed by atoms with Crippen LogP contribution in [-0.4, -0.2) is 11.9 Å². The topological polar surface area (TPSA) is 93.0 Å². The van der Waals surface area contributed by atoms with Gasteiger partial charge in [0.15, 0.2) is 0 Å². The van der Waals surface area contributed by atoms with Gasteiger partial charge in [0, 0.05) is 5.69 Å². The molecule has 26 heavy (non-hydrogen) atoms. The second-order valence-corrected chi connectivity index (χ2v) is 5.11. The Balaban J connectivity index is 2.22. The van der Waals surface area contributed by atoms with Crippen molar-refractivity contribution in [2.45, 2.75) is 6.18 Å². The fourth-order valence-electron chi connectivity index (χ4n) is 2.01. The van der Waals surface area contributed by atoms with Crippen molar-refractivity contribution in [2.75, 3.05) is 5.32 Å². The molecule has 0 bridgehead atoms. The molecule has 0 aliphatic heterocycles. The number of nitrogens with zero attached hydrogens (tertiary/aromatic N) is 1. The van der Waals surface area contributed by atoms with Crippen LogP contribution >= 0.6 is 0 Å². The molecule has 0 heterocycles. The van der Waals surface area contributed by atoms with Gasteiger partial charge in [-0.25, -0.2) is 0 Å². The summed E-state index contributed by atoms with van der Waals surface area (Å²) in [6.45, 7) is 0. The van der Waals surface area contributed by atoms with Gasteiger partial charge in [0.05, 0.1) is 11.5 Å². The summed E-state index contributed by atoms with van der Waals surface area (Å²) in [7, 11) is 0. The SMILES string of the molecule is N#C/C(=C\c1cccc(C(F)(F)F)c1)C(=O)Nc1ccc(C(=O)[O-])cc1. The summed E-state index contributed by atoms with van der Waals surface area (Å²) < 4.78 is 38.1.